The van der Waals surface area contributed by atoms with Gasteiger partial charge in [-0.1, -0.05) is 118 Å². The molecule has 0 aliphatic rings. The summed E-state index contributed by atoms with van der Waals surface area (Å²) >= 11 is 0. The molecule has 0 fully saturated rings. The highest BCUT2D eigenvalue weighted by Gasteiger charge is 2.13. The van der Waals surface area contributed by atoms with Gasteiger partial charge in [-0.05, 0) is 49.0 Å². The first-order chi connectivity index (χ1) is 18.6. The third-order valence-corrected chi connectivity index (χ3v) is 6.06. The number of anilines is 1. The number of rotatable bonds is 10. The largest absolute Gasteiger partial charge is 0.309 e. The topological polar surface area (TPSA) is 54.9 Å². The van der Waals surface area contributed by atoms with Gasteiger partial charge in [0.2, 0.25) is 5.91 Å². The van der Waals surface area contributed by atoms with Gasteiger partial charge in [0.25, 0.3) is 0 Å². The van der Waals surface area contributed by atoms with E-state index < -0.39 is 0 Å². The van der Waals surface area contributed by atoms with Gasteiger partial charge in [-0.2, -0.15) is 0 Å². The van der Waals surface area contributed by atoms with Crippen molar-refractivity contribution in [3.05, 3.63) is 113 Å². The summed E-state index contributed by atoms with van der Waals surface area (Å²) in [5.74, 6) is 0.434. The van der Waals surface area contributed by atoms with E-state index in [0.717, 1.165) is 42.5 Å². The number of nitrogens with zero attached hydrogens (tertiary/aromatic N) is 2. The Bertz CT molecular complexity index is 1310. The van der Waals surface area contributed by atoms with Gasteiger partial charge in [0.15, 0.2) is 5.82 Å². The van der Waals surface area contributed by atoms with E-state index in [2.05, 4.69) is 54.5 Å². The van der Waals surface area contributed by atoms with E-state index in [1.165, 1.54) is 16.7 Å². The number of aromatic nitrogens is 2. The highest BCUT2D eigenvalue weighted by Crippen LogP contribution is 2.26. The van der Waals surface area contributed by atoms with Gasteiger partial charge >= 0.3 is 0 Å². The second-order valence-electron chi connectivity index (χ2n) is 9.03. The fourth-order valence-electron chi connectivity index (χ4n) is 4.23. The number of nitrogens with one attached hydrogen (secondary N) is 1. The van der Waals surface area contributed by atoms with Crippen LogP contribution in [0.25, 0.3) is 23.4 Å². The van der Waals surface area contributed by atoms with Crippen molar-refractivity contribution in [2.75, 3.05) is 5.32 Å². The molecule has 196 valence electrons. The van der Waals surface area contributed by atoms with E-state index in [1.54, 1.807) is 6.20 Å². The molecule has 0 saturated heterocycles. The lowest BCUT2D eigenvalue weighted by molar-refractivity contribution is -0.116. The van der Waals surface area contributed by atoms with E-state index >= 15 is 0 Å². The summed E-state index contributed by atoms with van der Waals surface area (Å²) in [7, 11) is 0. The van der Waals surface area contributed by atoms with E-state index in [-0.39, 0.29) is 5.91 Å². The third-order valence-electron chi connectivity index (χ3n) is 6.06. The number of carbonyl (C=O) groups is 1. The van der Waals surface area contributed by atoms with Crippen LogP contribution >= 0.6 is 0 Å². The van der Waals surface area contributed by atoms with Crippen molar-refractivity contribution in [3.63, 3.8) is 0 Å². The third kappa shape index (κ3) is 8.52. The minimum absolute atomic E-state index is 0.0515. The summed E-state index contributed by atoms with van der Waals surface area (Å²) in [5, 5.41) is 3.00. The second kappa shape index (κ2) is 15.3. The van der Waals surface area contributed by atoms with Gasteiger partial charge in [-0.25, -0.2) is 9.97 Å². The molecule has 0 aliphatic carbocycles. The Balaban J connectivity index is 0.00000195. The molecule has 0 unspecified atom stereocenters. The van der Waals surface area contributed by atoms with Crippen LogP contribution in [0.5, 0.6) is 0 Å². The zero-order valence-corrected chi connectivity index (χ0v) is 23.1. The molecule has 1 aromatic heterocycles. The minimum Gasteiger partial charge on any atom is -0.309 e. The zero-order valence-electron chi connectivity index (χ0n) is 23.1. The first kappa shape index (κ1) is 28.5. The van der Waals surface area contributed by atoms with Crippen molar-refractivity contribution < 1.29 is 4.79 Å². The molecular formula is C34H39N3O. The Labute approximate surface area is 227 Å². The molecule has 3 aromatic carbocycles. The fourth-order valence-corrected chi connectivity index (χ4v) is 4.23. The molecule has 0 spiro atoms. The fraction of sp³-hybridized carbons (Fsp3) is 0.265. The van der Waals surface area contributed by atoms with Crippen LogP contribution in [0, 0.1) is 6.92 Å². The molecule has 0 aliphatic heterocycles. The van der Waals surface area contributed by atoms with Crippen LogP contribution in [-0.2, 0) is 17.6 Å². The Morgan fingerprint density at radius 3 is 2.32 bits per heavy atom. The predicted molar refractivity (Wildman–Crippen MR) is 161 cm³/mol. The molecule has 4 aromatic rings. The molecule has 1 N–H and O–H groups in total. The van der Waals surface area contributed by atoms with Crippen molar-refractivity contribution in [1.29, 1.82) is 0 Å². The molecule has 1 heterocycles. The first-order valence-electron chi connectivity index (χ1n) is 13.7. The Hall–Kier alpha value is -4.05. The van der Waals surface area contributed by atoms with Gasteiger partial charge < -0.3 is 5.32 Å². The lowest BCUT2D eigenvalue weighted by Crippen LogP contribution is -2.14. The second-order valence-corrected chi connectivity index (χ2v) is 9.03. The van der Waals surface area contributed by atoms with Crippen LogP contribution in [0.15, 0.2) is 85.1 Å². The molecule has 4 nitrogen and oxygen atoms in total. The van der Waals surface area contributed by atoms with Crippen molar-refractivity contribution >= 4 is 23.9 Å². The van der Waals surface area contributed by atoms with Gasteiger partial charge in [-0.3, -0.25) is 4.79 Å². The maximum absolute atomic E-state index is 12.8. The lowest BCUT2D eigenvalue weighted by Gasteiger charge is -2.12. The highest BCUT2D eigenvalue weighted by molar-refractivity contribution is 5.92. The Kier molecular flexibility index (Phi) is 11.5. The maximum Gasteiger partial charge on any atom is 0.225 e. The zero-order chi connectivity index (χ0) is 27.2. The number of carbonyl (C=O) groups excluding carboxylic acids is 1. The quantitative estimate of drug-likeness (QED) is 0.235. The summed E-state index contributed by atoms with van der Waals surface area (Å²) in [6, 6.07) is 26.8. The molecule has 1 amide bonds. The molecule has 0 bridgehead atoms. The minimum atomic E-state index is -0.0515. The summed E-state index contributed by atoms with van der Waals surface area (Å²) in [6.07, 6.45) is 9.81. The molecule has 4 rings (SSSR count). The smallest absolute Gasteiger partial charge is 0.225 e. The highest BCUT2D eigenvalue weighted by atomic mass is 16.1. The molecule has 4 heteroatoms. The van der Waals surface area contributed by atoms with E-state index in [4.69, 9.17) is 4.98 Å². The average Bonchev–Trinajstić information content (AvgIpc) is 2.95. The van der Waals surface area contributed by atoms with Crippen LogP contribution in [0.2, 0.25) is 0 Å². The molecule has 38 heavy (non-hydrogen) atoms. The lowest BCUT2D eigenvalue weighted by atomic mass is 9.98. The molecule has 0 atom stereocenters. The molecule has 0 saturated carbocycles. The SMILES string of the molecule is CC.CCCc1cc(C)ccc1-c1cnc(NC(=O)CCCc2ccccc2)c(/C=C/c2ccccc2)n1. The van der Waals surface area contributed by atoms with Crippen molar-refractivity contribution in [2.24, 2.45) is 0 Å². The summed E-state index contributed by atoms with van der Waals surface area (Å²) < 4.78 is 0. The van der Waals surface area contributed by atoms with Crippen molar-refractivity contribution in [1.82, 2.24) is 9.97 Å². The summed E-state index contributed by atoms with van der Waals surface area (Å²) in [6.45, 7) is 8.29. The molecule has 0 radical (unpaired) electrons. The maximum atomic E-state index is 12.8. The van der Waals surface area contributed by atoms with Crippen LogP contribution in [0.1, 0.15) is 68.0 Å². The van der Waals surface area contributed by atoms with Crippen LogP contribution < -0.4 is 5.32 Å². The van der Waals surface area contributed by atoms with Gasteiger partial charge in [0, 0.05) is 12.0 Å². The Morgan fingerprint density at radius 1 is 0.895 bits per heavy atom. The monoisotopic (exact) mass is 505 g/mol. The number of amides is 1. The number of benzene rings is 3. The van der Waals surface area contributed by atoms with Gasteiger partial charge in [0.1, 0.15) is 5.69 Å². The van der Waals surface area contributed by atoms with Crippen LogP contribution in [0.4, 0.5) is 5.82 Å². The van der Waals surface area contributed by atoms with Crippen molar-refractivity contribution in [2.45, 2.75) is 59.8 Å². The summed E-state index contributed by atoms with van der Waals surface area (Å²) in [5.41, 5.74) is 7.35. The van der Waals surface area contributed by atoms with Crippen LogP contribution in [0.3, 0.4) is 0 Å². The first-order valence-corrected chi connectivity index (χ1v) is 13.7. The number of hydrogen-bond acceptors (Lipinski definition) is 3. The number of hydrogen-bond donors (Lipinski definition) is 1. The van der Waals surface area contributed by atoms with Gasteiger partial charge in [-0.15, -0.1) is 0 Å². The van der Waals surface area contributed by atoms with Crippen LogP contribution in [-0.4, -0.2) is 15.9 Å². The normalized spacial score (nSPS) is 10.6. The average molecular weight is 506 g/mol. The number of aryl methyl sites for hydroxylation is 3. The standard InChI is InChI=1S/C32H33N3O.C2H6/c1-3-11-27-22-24(2)18-20-28(27)30-23-33-32(29(34-30)21-19-26-14-8-5-9-15-26)35-31(36)17-10-16-25-12-6-4-7-13-25;1-2/h4-9,12-15,18-23H,3,10-11,16-17H2,1-2H3,(H,33,35,36);1-2H3/b21-19+;. The summed E-state index contributed by atoms with van der Waals surface area (Å²) in [4.78, 5) is 22.4. The van der Waals surface area contributed by atoms with Crippen molar-refractivity contribution in [3.8, 4) is 11.3 Å². The Morgan fingerprint density at radius 2 is 1.61 bits per heavy atom. The molecular weight excluding hydrogens is 466 g/mol. The van der Waals surface area contributed by atoms with E-state index in [0.29, 0.717) is 17.9 Å². The predicted octanol–water partition coefficient (Wildman–Crippen LogP) is 8.56. The van der Waals surface area contributed by atoms with Gasteiger partial charge in [0.05, 0.1) is 11.9 Å². The van der Waals surface area contributed by atoms with E-state index in [1.807, 2.05) is 74.5 Å². The van der Waals surface area contributed by atoms with E-state index in [9.17, 15) is 4.79 Å².